The number of carboxylic acids is 1. The van der Waals surface area contributed by atoms with Crippen LogP contribution >= 0.6 is 0 Å². The molecule has 0 unspecified atom stereocenters. The summed E-state index contributed by atoms with van der Waals surface area (Å²) < 4.78 is 76.6. The van der Waals surface area contributed by atoms with Crippen LogP contribution in [0, 0.1) is 0 Å². The van der Waals surface area contributed by atoms with Gasteiger partial charge in [-0.3, -0.25) is 9.52 Å². The van der Waals surface area contributed by atoms with E-state index < -0.39 is 22.2 Å². The number of carbonyl (C=O) groups excluding carboxylic acids is 1. The Kier molecular flexibility index (Phi) is 11.8. The first-order valence-corrected chi connectivity index (χ1v) is 13.2. The van der Waals surface area contributed by atoms with E-state index in [1.165, 1.54) is 26.4 Å². The second-order valence-corrected chi connectivity index (χ2v) is 9.79. The molecule has 1 aliphatic rings. The largest absolute Gasteiger partial charge is 0.497 e. The van der Waals surface area contributed by atoms with Crippen LogP contribution in [0.25, 0.3) is 0 Å². The predicted octanol–water partition coefficient (Wildman–Crippen LogP) is 1.92. The summed E-state index contributed by atoms with van der Waals surface area (Å²) >= 11 is 0. The Bertz CT molecular complexity index is 1270. The van der Waals surface area contributed by atoms with Gasteiger partial charge in [0.1, 0.15) is 16.4 Å². The van der Waals surface area contributed by atoms with E-state index >= 15 is 0 Å². The molecule has 2 aromatic carbocycles. The SMILES string of the molecule is COCCNC(=O)c1ccc(N2CCNCC2)c(NS(=O)(=O)c2cc(OC)ccc2OC)c1.O=C(O)C(F)(F)F. The molecular formula is C24H31F3N4O8S. The van der Waals surface area contributed by atoms with Crippen LogP contribution in [0.2, 0.25) is 0 Å². The van der Waals surface area contributed by atoms with Crippen molar-refractivity contribution >= 4 is 33.3 Å². The van der Waals surface area contributed by atoms with Gasteiger partial charge in [-0.25, -0.2) is 13.2 Å². The maximum absolute atomic E-state index is 13.4. The van der Waals surface area contributed by atoms with Crippen molar-refractivity contribution in [3.05, 3.63) is 42.0 Å². The number of carboxylic acid groups (broad SMARTS) is 1. The minimum absolute atomic E-state index is 0.0643. The van der Waals surface area contributed by atoms with E-state index in [4.69, 9.17) is 24.1 Å². The predicted molar refractivity (Wildman–Crippen MR) is 140 cm³/mol. The smallest absolute Gasteiger partial charge is 0.490 e. The zero-order chi connectivity index (χ0) is 29.9. The summed E-state index contributed by atoms with van der Waals surface area (Å²) in [6.07, 6.45) is -5.08. The Hall–Kier alpha value is -3.76. The van der Waals surface area contributed by atoms with Crippen LogP contribution in [0.4, 0.5) is 24.5 Å². The highest BCUT2D eigenvalue weighted by Crippen LogP contribution is 2.33. The lowest BCUT2D eigenvalue weighted by Gasteiger charge is -2.31. The van der Waals surface area contributed by atoms with E-state index in [1.54, 1.807) is 31.4 Å². The van der Waals surface area contributed by atoms with Gasteiger partial charge >= 0.3 is 12.1 Å². The number of alkyl halides is 3. The first-order valence-electron chi connectivity index (χ1n) is 11.8. The van der Waals surface area contributed by atoms with Crippen molar-refractivity contribution in [1.29, 1.82) is 0 Å². The summed E-state index contributed by atoms with van der Waals surface area (Å²) in [6, 6.07) is 9.54. The summed E-state index contributed by atoms with van der Waals surface area (Å²) in [4.78, 5) is 23.5. The molecule has 0 saturated carbocycles. The average molecular weight is 593 g/mol. The molecule has 0 radical (unpaired) electrons. The lowest BCUT2D eigenvalue weighted by atomic mass is 10.1. The highest BCUT2D eigenvalue weighted by atomic mass is 32.2. The van der Waals surface area contributed by atoms with E-state index in [2.05, 4.69) is 20.3 Å². The molecule has 0 spiro atoms. The molecule has 1 saturated heterocycles. The van der Waals surface area contributed by atoms with Crippen LogP contribution in [-0.4, -0.2) is 92.2 Å². The Morgan fingerprint density at radius 2 is 1.70 bits per heavy atom. The van der Waals surface area contributed by atoms with Crippen molar-refractivity contribution in [3.63, 3.8) is 0 Å². The number of piperazine rings is 1. The van der Waals surface area contributed by atoms with Gasteiger partial charge in [0.15, 0.2) is 0 Å². The van der Waals surface area contributed by atoms with Gasteiger partial charge in [0, 0.05) is 51.5 Å². The van der Waals surface area contributed by atoms with Crippen LogP contribution < -0.4 is 29.7 Å². The van der Waals surface area contributed by atoms with Gasteiger partial charge in [-0.05, 0) is 30.3 Å². The molecule has 222 valence electrons. The summed E-state index contributed by atoms with van der Waals surface area (Å²) in [5.41, 5.74) is 1.33. The maximum Gasteiger partial charge on any atom is 0.490 e. The summed E-state index contributed by atoms with van der Waals surface area (Å²) in [5, 5.41) is 13.2. The lowest BCUT2D eigenvalue weighted by Crippen LogP contribution is -2.43. The Morgan fingerprint density at radius 1 is 1.05 bits per heavy atom. The molecule has 12 nitrogen and oxygen atoms in total. The zero-order valence-corrected chi connectivity index (χ0v) is 22.8. The molecule has 0 atom stereocenters. The molecule has 1 aliphatic heterocycles. The molecule has 1 heterocycles. The number of benzene rings is 2. The molecule has 2 aromatic rings. The molecule has 40 heavy (non-hydrogen) atoms. The quantitative estimate of drug-likeness (QED) is 0.301. The number of nitrogens with zero attached hydrogens (tertiary/aromatic N) is 1. The molecule has 0 bridgehead atoms. The number of amides is 1. The standard InChI is InChI=1S/C22H30N4O6S.C2HF3O2/c1-30-13-10-24-22(27)16-4-6-19(26-11-8-23-9-12-26)18(14-16)25-33(28,29)21-15-17(31-2)5-7-20(21)32-3;3-2(4,5)1(6)7/h4-7,14-15,23,25H,8-13H2,1-3H3,(H,24,27);(H,6,7). The number of anilines is 2. The normalized spacial score (nSPS) is 13.5. The number of hydrogen-bond acceptors (Lipinski definition) is 9. The molecule has 16 heteroatoms. The van der Waals surface area contributed by atoms with Crippen molar-refractivity contribution in [2.24, 2.45) is 0 Å². The molecular weight excluding hydrogens is 561 g/mol. The van der Waals surface area contributed by atoms with Crippen LogP contribution in [0.1, 0.15) is 10.4 Å². The molecule has 3 rings (SSSR count). The van der Waals surface area contributed by atoms with Crippen molar-refractivity contribution in [3.8, 4) is 11.5 Å². The number of ether oxygens (including phenoxy) is 3. The number of methoxy groups -OCH3 is 3. The van der Waals surface area contributed by atoms with E-state index in [0.717, 1.165) is 13.1 Å². The highest BCUT2D eigenvalue weighted by Gasteiger charge is 2.38. The maximum atomic E-state index is 13.4. The van der Waals surface area contributed by atoms with Gasteiger partial charge in [0.05, 0.1) is 32.2 Å². The van der Waals surface area contributed by atoms with Gasteiger partial charge in [-0.2, -0.15) is 13.2 Å². The fourth-order valence-corrected chi connectivity index (χ4v) is 4.75. The number of rotatable bonds is 10. The van der Waals surface area contributed by atoms with Crippen LogP contribution in [-0.2, 0) is 19.6 Å². The second kappa shape index (κ2) is 14.6. The van der Waals surface area contributed by atoms with Gasteiger partial charge < -0.3 is 34.9 Å². The van der Waals surface area contributed by atoms with Crippen molar-refractivity contribution in [2.75, 3.05) is 70.3 Å². The molecule has 0 aliphatic carbocycles. The van der Waals surface area contributed by atoms with Crippen molar-refractivity contribution in [2.45, 2.75) is 11.1 Å². The Balaban J connectivity index is 0.000000708. The van der Waals surface area contributed by atoms with E-state index in [-0.39, 0.29) is 16.6 Å². The third kappa shape index (κ3) is 9.17. The fraction of sp³-hybridized carbons (Fsp3) is 0.417. The number of halogens is 3. The van der Waals surface area contributed by atoms with Crippen LogP contribution in [0.15, 0.2) is 41.3 Å². The van der Waals surface area contributed by atoms with Gasteiger partial charge in [0.2, 0.25) is 0 Å². The molecule has 0 aromatic heterocycles. The molecule has 1 fully saturated rings. The summed E-state index contributed by atoms with van der Waals surface area (Å²) in [7, 11) is 0.346. The first-order chi connectivity index (χ1) is 18.8. The molecule has 1 amide bonds. The van der Waals surface area contributed by atoms with E-state index in [1.807, 2.05) is 0 Å². The monoisotopic (exact) mass is 592 g/mol. The number of hydrogen-bond donors (Lipinski definition) is 4. The number of aliphatic carboxylic acids is 1. The summed E-state index contributed by atoms with van der Waals surface area (Å²) in [6.45, 7) is 3.67. The lowest BCUT2D eigenvalue weighted by molar-refractivity contribution is -0.192. The Labute approximate surface area is 229 Å². The van der Waals surface area contributed by atoms with E-state index in [0.29, 0.717) is 48.9 Å². The van der Waals surface area contributed by atoms with E-state index in [9.17, 15) is 26.4 Å². The number of carbonyl (C=O) groups is 2. The minimum atomic E-state index is -5.08. The number of nitrogens with one attached hydrogen (secondary N) is 3. The third-order valence-electron chi connectivity index (χ3n) is 5.46. The van der Waals surface area contributed by atoms with Gasteiger partial charge in [0.25, 0.3) is 15.9 Å². The third-order valence-corrected chi connectivity index (χ3v) is 6.84. The highest BCUT2D eigenvalue weighted by molar-refractivity contribution is 7.92. The zero-order valence-electron chi connectivity index (χ0n) is 22.0. The topological polar surface area (TPSA) is 156 Å². The number of sulfonamides is 1. The average Bonchev–Trinajstić information content (AvgIpc) is 2.92. The van der Waals surface area contributed by atoms with Crippen LogP contribution in [0.3, 0.4) is 0 Å². The Morgan fingerprint density at radius 3 is 2.25 bits per heavy atom. The van der Waals surface area contributed by atoms with Gasteiger partial charge in [-0.15, -0.1) is 0 Å². The second-order valence-electron chi connectivity index (χ2n) is 8.14. The first kappa shape index (κ1) is 32.5. The fourth-order valence-electron chi connectivity index (χ4n) is 3.50. The van der Waals surface area contributed by atoms with Crippen LogP contribution in [0.5, 0.6) is 11.5 Å². The van der Waals surface area contributed by atoms with Crippen molar-refractivity contribution in [1.82, 2.24) is 10.6 Å². The minimum Gasteiger partial charge on any atom is -0.497 e. The van der Waals surface area contributed by atoms with Crippen molar-refractivity contribution < 1.29 is 50.5 Å². The molecule has 4 N–H and O–H groups in total. The summed E-state index contributed by atoms with van der Waals surface area (Å²) in [5.74, 6) is -2.52. The van der Waals surface area contributed by atoms with Gasteiger partial charge in [-0.1, -0.05) is 0 Å².